The number of nitrogens with one attached hydrogen (secondary N) is 3. The Morgan fingerprint density at radius 3 is 2.54 bits per heavy atom. The first-order valence-corrected chi connectivity index (χ1v) is 8.09. The zero-order chi connectivity index (χ0) is 17.3. The molecule has 2 saturated heterocycles. The highest BCUT2D eigenvalue weighted by Crippen LogP contribution is 2.28. The molecule has 2 fully saturated rings. The summed E-state index contributed by atoms with van der Waals surface area (Å²) in [6.45, 7) is 5.69. The van der Waals surface area contributed by atoms with Crippen LogP contribution in [0.4, 0.5) is 4.79 Å². The molecule has 2 aliphatic rings. The van der Waals surface area contributed by atoms with Gasteiger partial charge in [-0.2, -0.15) is 0 Å². The first-order chi connectivity index (χ1) is 11.4. The summed E-state index contributed by atoms with van der Waals surface area (Å²) in [5.41, 5.74) is 0.638. The largest absolute Gasteiger partial charge is 0.354 e. The summed E-state index contributed by atoms with van der Waals surface area (Å²) in [5, 5.41) is 8.61. The minimum absolute atomic E-state index is 0.258. The lowest BCUT2D eigenvalue weighted by atomic mass is 9.91. The van der Waals surface area contributed by atoms with Gasteiger partial charge in [-0.25, -0.2) is 4.79 Å². The smallest absolute Gasteiger partial charge is 0.325 e. The Balaban J connectivity index is 1.66. The van der Waals surface area contributed by atoms with E-state index in [0.29, 0.717) is 18.0 Å². The number of imide groups is 1. The normalized spacial score (nSPS) is 23.8. The SMILES string of the molecule is Cc1ccc(C2(C)NC(=O)N(CC(=O)NCC3CNC3)C2=O)cc1. The molecule has 1 aromatic rings. The minimum Gasteiger partial charge on any atom is -0.354 e. The van der Waals surface area contributed by atoms with Crippen LogP contribution in [0.3, 0.4) is 0 Å². The van der Waals surface area contributed by atoms with Crippen molar-refractivity contribution in [2.75, 3.05) is 26.2 Å². The second-order valence-electron chi connectivity index (χ2n) is 6.64. The van der Waals surface area contributed by atoms with Gasteiger partial charge in [0.05, 0.1) is 0 Å². The summed E-state index contributed by atoms with van der Waals surface area (Å²) < 4.78 is 0. The Morgan fingerprint density at radius 1 is 1.29 bits per heavy atom. The van der Waals surface area contributed by atoms with E-state index in [2.05, 4.69) is 16.0 Å². The number of hydrogen-bond acceptors (Lipinski definition) is 4. The summed E-state index contributed by atoms with van der Waals surface area (Å²) >= 11 is 0. The second kappa shape index (κ2) is 6.24. The van der Waals surface area contributed by atoms with Crippen molar-refractivity contribution in [3.8, 4) is 0 Å². The van der Waals surface area contributed by atoms with Crippen molar-refractivity contribution < 1.29 is 14.4 Å². The number of aryl methyl sites for hydroxylation is 1. The van der Waals surface area contributed by atoms with Gasteiger partial charge in [-0.05, 0) is 19.4 Å². The van der Waals surface area contributed by atoms with Crippen molar-refractivity contribution in [1.82, 2.24) is 20.9 Å². The molecule has 7 nitrogen and oxygen atoms in total. The third-order valence-corrected chi connectivity index (χ3v) is 4.66. The lowest BCUT2D eigenvalue weighted by molar-refractivity contribution is -0.134. The number of nitrogens with zero attached hydrogens (tertiary/aromatic N) is 1. The average molecular weight is 330 g/mol. The Hall–Kier alpha value is -2.41. The molecule has 1 aromatic carbocycles. The molecular weight excluding hydrogens is 308 g/mol. The fourth-order valence-electron chi connectivity index (χ4n) is 2.87. The van der Waals surface area contributed by atoms with E-state index < -0.39 is 17.5 Å². The van der Waals surface area contributed by atoms with Crippen molar-refractivity contribution in [3.05, 3.63) is 35.4 Å². The number of carbonyl (C=O) groups excluding carboxylic acids is 3. The van der Waals surface area contributed by atoms with E-state index in [9.17, 15) is 14.4 Å². The monoisotopic (exact) mass is 330 g/mol. The Kier molecular flexibility index (Phi) is 4.28. The van der Waals surface area contributed by atoms with E-state index in [1.54, 1.807) is 6.92 Å². The topological polar surface area (TPSA) is 90.5 Å². The molecule has 1 unspecified atom stereocenters. The molecule has 3 N–H and O–H groups in total. The molecule has 24 heavy (non-hydrogen) atoms. The minimum atomic E-state index is -1.14. The van der Waals surface area contributed by atoms with Gasteiger partial charge in [0, 0.05) is 25.6 Å². The van der Waals surface area contributed by atoms with Crippen LogP contribution in [0.5, 0.6) is 0 Å². The highest BCUT2D eigenvalue weighted by atomic mass is 16.2. The number of rotatable bonds is 5. The lowest BCUT2D eigenvalue weighted by Gasteiger charge is -2.27. The molecule has 7 heteroatoms. The Labute approximate surface area is 140 Å². The molecular formula is C17H22N4O3. The zero-order valence-corrected chi connectivity index (χ0v) is 13.9. The van der Waals surface area contributed by atoms with Gasteiger partial charge in [0.1, 0.15) is 12.1 Å². The van der Waals surface area contributed by atoms with E-state index >= 15 is 0 Å². The maximum Gasteiger partial charge on any atom is 0.325 e. The lowest BCUT2D eigenvalue weighted by Crippen LogP contribution is -2.50. The second-order valence-corrected chi connectivity index (χ2v) is 6.64. The van der Waals surface area contributed by atoms with Crippen molar-refractivity contribution in [2.24, 2.45) is 5.92 Å². The van der Waals surface area contributed by atoms with E-state index in [1.165, 1.54) is 0 Å². The fraction of sp³-hybridized carbons (Fsp3) is 0.471. The number of amides is 4. The van der Waals surface area contributed by atoms with Crippen LogP contribution in [0.1, 0.15) is 18.1 Å². The molecule has 0 bridgehead atoms. The molecule has 0 aliphatic carbocycles. The summed E-state index contributed by atoms with van der Waals surface area (Å²) in [4.78, 5) is 37.9. The maximum atomic E-state index is 12.7. The maximum absolute atomic E-state index is 12.7. The molecule has 128 valence electrons. The number of benzene rings is 1. The first-order valence-electron chi connectivity index (χ1n) is 8.09. The van der Waals surface area contributed by atoms with Gasteiger partial charge in [-0.3, -0.25) is 14.5 Å². The molecule has 0 radical (unpaired) electrons. The first kappa shape index (κ1) is 16.4. The van der Waals surface area contributed by atoms with Crippen LogP contribution in [-0.2, 0) is 15.1 Å². The quantitative estimate of drug-likeness (QED) is 0.668. The molecule has 1 atom stereocenters. The van der Waals surface area contributed by atoms with E-state index in [4.69, 9.17) is 0 Å². The Bertz CT molecular complexity index is 669. The summed E-state index contributed by atoms with van der Waals surface area (Å²) in [6, 6.07) is 6.88. The van der Waals surface area contributed by atoms with Gasteiger partial charge in [0.2, 0.25) is 5.91 Å². The predicted octanol–water partition coefficient (Wildman–Crippen LogP) is 0.0976. The summed E-state index contributed by atoms with van der Waals surface area (Å²) in [6.07, 6.45) is 0. The Morgan fingerprint density at radius 2 is 1.96 bits per heavy atom. The molecule has 0 aromatic heterocycles. The number of urea groups is 1. The molecule has 2 heterocycles. The molecule has 4 amide bonds. The molecule has 0 saturated carbocycles. The van der Waals surface area contributed by atoms with Crippen molar-refractivity contribution >= 4 is 17.8 Å². The van der Waals surface area contributed by atoms with Crippen LogP contribution >= 0.6 is 0 Å². The van der Waals surface area contributed by atoms with Gasteiger partial charge < -0.3 is 16.0 Å². The summed E-state index contributed by atoms with van der Waals surface area (Å²) in [5.74, 6) is -0.301. The van der Waals surface area contributed by atoms with Crippen LogP contribution in [0.2, 0.25) is 0 Å². The van der Waals surface area contributed by atoms with Gasteiger partial charge in [0.25, 0.3) is 5.91 Å². The van der Waals surface area contributed by atoms with E-state index in [0.717, 1.165) is 23.6 Å². The average Bonchev–Trinajstić information content (AvgIpc) is 2.71. The van der Waals surface area contributed by atoms with Gasteiger partial charge >= 0.3 is 6.03 Å². The van der Waals surface area contributed by atoms with Gasteiger partial charge in [0.15, 0.2) is 0 Å². The molecule has 2 aliphatic heterocycles. The van der Waals surface area contributed by atoms with Crippen molar-refractivity contribution in [3.63, 3.8) is 0 Å². The van der Waals surface area contributed by atoms with Gasteiger partial charge in [-0.15, -0.1) is 0 Å². The number of carbonyl (C=O) groups is 3. The highest BCUT2D eigenvalue weighted by molar-refractivity contribution is 6.09. The van der Waals surface area contributed by atoms with Crippen LogP contribution in [0.15, 0.2) is 24.3 Å². The van der Waals surface area contributed by atoms with Crippen LogP contribution in [-0.4, -0.2) is 48.9 Å². The molecule has 0 spiro atoms. The fourth-order valence-corrected chi connectivity index (χ4v) is 2.87. The number of hydrogen-bond donors (Lipinski definition) is 3. The van der Waals surface area contributed by atoms with Gasteiger partial charge in [-0.1, -0.05) is 29.8 Å². The van der Waals surface area contributed by atoms with Crippen molar-refractivity contribution in [2.45, 2.75) is 19.4 Å². The third-order valence-electron chi connectivity index (χ3n) is 4.66. The van der Waals surface area contributed by atoms with Crippen LogP contribution < -0.4 is 16.0 Å². The predicted molar refractivity (Wildman–Crippen MR) is 88.1 cm³/mol. The third kappa shape index (κ3) is 2.99. The van der Waals surface area contributed by atoms with Crippen LogP contribution in [0, 0.1) is 12.8 Å². The van der Waals surface area contributed by atoms with E-state index in [1.807, 2.05) is 31.2 Å². The highest BCUT2D eigenvalue weighted by Gasteiger charge is 2.49. The van der Waals surface area contributed by atoms with E-state index in [-0.39, 0.29) is 12.5 Å². The summed E-state index contributed by atoms with van der Waals surface area (Å²) in [7, 11) is 0. The molecule has 3 rings (SSSR count). The zero-order valence-electron chi connectivity index (χ0n) is 13.9. The standard InChI is InChI=1S/C17H22N4O3/c1-11-3-5-13(6-4-11)17(2)15(23)21(16(24)20-17)10-14(22)19-9-12-7-18-8-12/h3-6,12,18H,7-10H2,1-2H3,(H,19,22)(H,20,24). The van der Waals surface area contributed by atoms with Crippen molar-refractivity contribution in [1.29, 1.82) is 0 Å². The van der Waals surface area contributed by atoms with Crippen LogP contribution in [0.25, 0.3) is 0 Å².